The topological polar surface area (TPSA) is 35.5 Å². The fraction of sp³-hybridized carbons (Fsp3) is 0.300. The van der Waals surface area contributed by atoms with Crippen LogP contribution in [-0.4, -0.2) is 19.2 Å². The van der Waals surface area contributed by atoms with Gasteiger partial charge in [-0.2, -0.15) is 0 Å². The summed E-state index contributed by atoms with van der Waals surface area (Å²) in [4.78, 5) is 10.5. The van der Waals surface area contributed by atoms with Crippen LogP contribution in [0.4, 0.5) is 0 Å². The highest BCUT2D eigenvalue weighted by Crippen LogP contribution is 2.23. The van der Waals surface area contributed by atoms with Crippen molar-refractivity contribution in [1.29, 1.82) is 0 Å². The maximum atomic E-state index is 10.5. The molecule has 1 radical (unpaired) electrons. The molecule has 3 nitrogen and oxygen atoms in total. The van der Waals surface area contributed by atoms with Gasteiger partial charge in [0.05, 0.1) is 5.02 Å². The summed E-state index contributed by atoms with van der Waals surface area (Å²) in [7, 11) is 0. The lowest BCUT2D eigenvalue weighted by molar-refractivity contribution is -0.136. The van der Waals surface area contributed by atoms with E-state index in [2.05, 4.69) is 6.07 Å². The van der Waals surface area contributed by atoms with Gasteiger partial charge >= 0.3 is 0 Å². The number of hydrogen-bond acceptors (Lipinski definition) is 3. The zero-order valence-electron chi connectivity index (χ0n) is 7.70. The highest BCUT2D eigenvalue weighted by molar-refractivity contribution is 6.32. The van der Waals surface area contributed by atoms with Gasteiger partial charge in [0, 0.05) is 6.61 Å². The van der Waals surface area contributed by atoms with Gasteiger partial charge in [-0.25, -0.2) is 0 Å². The van der Waals surface area contributed by atoms with E-state index in [0.29, 0.717) is 23.7 Å². The molecule has 1 unspecified atom stereocenters. The van der Waals surface area contributed by atoms with Crippen LogP contribution in [-0.2, 0) is 9.53 Å². The molecule has 1 rings (SSSR count). The molecule has 0 spiro atoms. The van der Waals surface area contributed by atoms with Crippen LogP contribution >= 0.6 is 11.6 Å². The van der Waals surface area contributed by atoms with E-state index in [1.165, 1.54) is 0 Å². The number of rotatable bonds is 5. The normalized spacial score (nSPS) is 12.1. The fourth-order valence-electron chi connectivity index (χ4n) is 0.882. The zero-order valence-corrected chi connectivity index (χ0v) is 8.45. The Labute approximate surface area is 87.6 Å². The standard InChI is InChI=1S/C10H10ClO3/c1-2-13-10(7-12)14-9-6-4-3-5-8(9)11/h4-7,10H,2H2,1H3. The van der Waals surface area contributed by atoms with Crippen molar-refractivity contribution in [3.8, 4) is 5.75 Å². The number of halogens is 1. The Kier molecular flexibility index (Phi) is 4.43. The van der Waals surface area contributed by atoms with E-state index < -0.39 is 6.29 Å². The minimum atomic E-state index is -0.903. The highest BCUT2D eigenvalue weighted by atomic mass is 35.5. The Hall–Kier alpha value is -1.06. The van der Waals surface area contributed by atoms with E-state index >= 15 is 0 Å². The van der Waals surface area contributed by atoms with Gasteiger partial charge in [-0.3, -0.25) is 4.79 Å². The molecule has 0 heterocycles. The SMILES string of the molecule is CCOC(C=O)Oc1cc[c]cc1Cl. The second kappa shape index (κ2) is 5.62. The van der Waals surface area contributed by atoms with E-state index in [4.69, 9.17) is 21.1 Å². The summed E-state index contributed by atoms with van der Waals surface area (Å²) in [5.41, 5.74) is 0. The molecule has 0 N–H and O–H groups in total. The van der Waals surface area contributed by atoms with Gasteiger partial charge in [0.15, 0.2) is 6.29 Å². The minimum absolute atomic E-state index is 0.402. The van der Waals surface area contributed by atoms with Crippen molar-refractivity contribution in [3.63, 3.8) is 0 Å². The van der Waals surface area contributed by atoms with Crippen LogP contribution in [0.5, 0.6) is 5.75 Å². The molecule has 4 heteroatoms. The zero-order chi connectivity index (χ0) is 10.4. The lowest BCUT2D eigenvalue weighted by Gasteiger charge is -2.13. The molecule has 1 aromatic carbocycles. The first-order valence-corrected chi connectivity index (χ1v) is 4.55. The molecule has 0 bridgehead atoms. The van der Waals surface area contributed by atoms with Crippen molar-refractivity contribution in [3.05, 3.63) is 29.3 Å². The second-order valence-electron chi connectivity index (χ2n) is 2.43. The quantitative estimate of drug-likeness (QED) is 0.555. The van der Waals surface area contributed by atoms with Crippen LogP contribution in [0.1, 0.15) is 6.92 Å². The van der Waals surface area contributed by atoms with Crippen LogP contribution in [0.25, 0.3) is 0 Å². The molecule has 75 valence electrons. The number of benzene rings is 1. The van der Waals surface area contributed by atoms with Crippen molar-refractivity contribution in [2.45, 2.75) is 13.2 Å². The average Bonchev–Trinajstić information content (AvgIpc) is 2.20. The van der Waals surface area contributed by atoms with E-state index in [0.717, 1.165) is 0 Å². The Morgan fingerprint density at radius 2 is 2.50 bits per heavy atom. The molecule has 1 atom stereocenters. The first-order valence-electron chi connectivity index (χ1n) is 4.17. The molecule has 14 heavy (non-hydrogen) atoms. The summed E-state index contributed by atoms with van der Waals surface area (Å²) in [5, 5.41) is 0.402. The molecule has 0 amide bonds. The Morgan fingerprint density at radius 1 is 1.71 bits per heavy atom. The van der Waals surface area contributed by atoms with Gasteiger partial charge in [0.25, 0.3) is 6.29 Å². The Balaban J connectivity index is 2.66. The van der Waals surface area contributed by atoms with Crippen LogP contribution in [0.2, 0.25) is 5.02 Å². The predicted molar refractivity (Wildman–Crippen MR) is 52.4 cm³/mol. The molecule has 0 aromatic heterocycles. The van der Waals surface area contributed by atoms with Crippen molar-refractivity contribution < 1.29 is 14.3 Å². The number of carbonyl (C=O) groups excluding carboxylic acids is 1. The maximum absolute atomic E-state index is 10.5. The summed E-state index contributed by atoms with van der Waals surface area (Å²) in [5.74, 6) is 0.413. The summed E-state index contributed by atoms with van der Waals surface area (Å²) in [6.07, 6.45) is -0.323. The summed E-state index contributed by atoms with van der Waals surface area (Å²) in [6.45, 7) is 2.18. The van der Waals surface area contributed by atoms with Gasteiger partial charge < -0.3 is 9.47 Å². The third-order valence-corrected chi connectivity index (χ3v) is 1.76. The third-order valence-electron chi connectivity index (χ3n) is 1.46. The number of carbonyl (C=O) groups is 1. The van der Waals surface area contributed by atoms with Crippen LogP contribution < -0.4 is 4.74 Å². The predicted octanol–water partition coefficient (Wildman–Crippen LogP) is 2.08. The molecular weight excluding hydrogens is 204 g/mol. The summed E-state index contributed by atoms with van der Waals surface area (Å²) < 4.78 is 10.2. The Bertz CT molecular complexity index is 301. The number of ether oxygens (including phenoxy) is 2. The Morgan fingerprint density at radius 3 is 3.07 bits per heavy atom. The minimum Gasteiger partial charge on any atom is -0.456 e. The summed E-state index contributed by atoms with van der Waals surface area (Å²) >= 11 is 5.80. The monoisotopic (exact) mass is 213 g/mol. The van der Waals surface area contributed by atoms with Gasteiger partial charge in [-0.05, 0) is 25.1 Å². The van der Waals surface area contributed by atoms with E-state index in [-0.39, 0.29) is 0 Å². The first kappa shape index (κ1) is 11.0. The largest absolute Gasteiger partial charge is 0.456 e. The molecular formula is C10H10ClO3. The first-order chi connectivity index (χ1) is 6.77. The molecule has 0 fully saturated rings. The molecule has 0 saturated heterocycles. The number of aldehydes is 1. The third kappa shape index (κ3) is 3.01. The van der Waals surface area contributed by atoms with Crippen LogP contribution in [0, 0.1) is 6.07 Å². The average molecular weight is 214 g/mol. The molecule has 1 aromatic rings. The second-order valence-corrected chi connectivity index (χ2v) is 2.84. The van der Waals surface area contributed by atoms with Crippen LogP contribution in [0.15, 0.2) is 18.2 Å². The maximum Gasteiger partial charge on any atom is 0.256 e. The van der Waals surface area contributed by atoms with Crippen molar-refractivity contribution in [1.82, 2.24) is 0 Å². The van der Waals surface area contributed by atoms with Gasteiger partial charge in [-0.15, -0.1) is 0 Å². The van der Waals surface area contributed by atoms with Crippen molar-refractivity contribution >= 4 is 17.9 Å². The van der Waals surface area contributed by atoms with Crippen molar-refractivity contribution in [2.24, 2.45) is 0 Å². The van der Waals surface area contributed by atoms with Gasteiger partial charge in [0.2, 0.25) is 0 Å². The molecule has 0 aliphatic rings. The number of hydrogen-bond donors (Lipinski definition) is 0. The van der Waals surface area contributed by atoms with Gasteiger partial charge in [0.1, 0.15) is 5.75 Å². The van der Waals surface area contributed by atoms with Crippen LogP contribution in [0.3, 0.4) is 0 Å². The van der Waals surface area contributed by atoms with E-state index in [9.17, 15) is 4.79 Å². The lowest BCUT2D eigenvalue weighted by Crippen LogP contribution is -2.22. The van der Waals surface area contributed by atoms with E-state index in [1.54, 1.807) is 25.1 Å². The molecule has 0 aliphatic carbocycles. The van der Waals surface area contributed by atoms with Gasteiger partial charge in [-0.1, -0.05) is 17.7 Å². The fourth-order valence-corrected chi connectivity index (χ4v) is 1.05. The lowest BCUT2D eigenvalue weighted by atomic mass is 10.3. The molecule has 0 saturated carbocycles. The highest BCUT2D eigenvalue weighted by Gasteiger charge is 2.09. The smallest absolute Gasteiger partial charge is 0.256 e. The van der Waals surface area contributed by atoms with Crippen molar-refractivity contribution in [2.75, 3.05) is 6.61 Å². The summed E-state index contributed by atoms with van der Waals surface area (Å²) in [6, 6.07) is 7.61. The molecule has 0 aliphatic heterocycles. The van der Waals surface area contributed by atoms with E-state index in [1.807, 2.05) is 0 Å².